The number of carbonyl (C=O) groups excluding carboxylic acids is 1. The van der Waals surface area contributed by atoms with E-state index in [1.807, 2.05) is 0 Å². The van der Waals surface area contributed by atoms with Gasteiger partial charge in [-0.05, 0) is 29.3 Å². The average molecular weight is 384 g/mol. The van der Waals surface area contributed by atoms with Crippen molar-refractivity contribution in [3.63, 3.8) is 0 Å². The number of carbonyl (C=O) groups is 1. The molecule has 2 aromatic carbocycles. The zero-order chi connectivity index (χ0) is 20.3. The van der Waals surface area contributed by atoms with Crippen molar-refractivity contribution >= 4 is 22.5 Å². The molecule has 1 amide bonds. The van der Waals surface area contributed by atoms with Crippen LogP contribution in [0.5, 0.6) is 0 Å². The summed E-state index contributed by atoms with van der Waals surface area (Å²) in [4.78, 5) is 15.7. The lowest BCUT2D eigenvalue weighted by atomic mass is 9.99. The molecule has 0 fully saturated rings. The lowest BCUT2D eigenvalue weighted by Gasteiger charge is -2.14. The van der Waals surface area contributed by atoms with Crippen LogP contribution < -0.4 is 11.1 Å². The molecule has 8 heteroatoms. The van der Waals surface area contributed by atoms with Gasteiger partial charge >= 0.3 is 6.18 Å². The Morgan fingerprint density at radius 3 is 2.54 bits per heavy atom. The van der Waals surface area contributed by atoms with Gasteiger partial charge in [0, 0.05) is 11.1 Å². The first kappa shape index (κ1) is 19.3. The largest absolute Gasteiger partial charge is 0.433 e. The van der Waals surface area contributed by atoms with E-state index >= 15 is 0 Å². The summed E-state index contributed by atoms with van der Waals surface area (Å²) in [6, 6.07) is 14.9. The van der Waals surface area contributed by atoms with E-state index in [-0.39, 0.29) is 17.6 Å². The van der Waals surface area contributed by atoms with E-state index in [0.29, 0.717) is 16.5 Å². The number of rotatable bonds is 4. The van der Waals surface area contributed by atoms with Crippen molar-refractivity contribution in [2.24, 2.45) is 5.73 Å². The summed E-state index contributed by atoms with van der Waals surface area (Å²) in [7, 11) is 0. The maximum atomic E-state index is 13.3. The Kier molecular flexibility index (Phi) is 5.29. The van der Waals surface area contributed by atoms with Gasteiger partial charge in [0.05, 0.1) is 24.0 Å². The van der Waals surface area contributed by atoms with Crippen LogP contribution >= 0.6 is 0 Å². The zero-order valence-corrected chi connectivity index (χ0v) is 14.5. The summed E-state index contributed by atoms with van der Waals surface area (Å²) in [5.74, 6) is -0.601. The molecule has 0 aliphatic carbocycles. The van der Waals surface area contributed by atoms with E-state index < -0.39 is 23.8 Å². The number of nitriles is 1. The third-order valence-electron chi connectivity index (χ3n) is 4.10. The van der Waals surface area contributed by atoms with Crippen LogP contribution in [0.2, 0.25) is 0 Å². The van der Waals surface area contributed by atoms with Crippen LogP contribution in [0, 0.1) is 11.3 Å². The van der Waals surface area contributed by atoms with Crippen LogP contribution in [0.25, 0.3) is 22.0 Å². The minimum absolute atomic E-state index is 0.0836. The molecule has 0 saturated carbocycles. The molecule has 3 N–H and O–H groups in total. The Labute approximate surface area is 158 Å². The van der Waals surface area contributed by atoms with Gasteiger partial charge in [-0.1, -0.05) is 36.4 Å². The summed E-state index contributed by atoms with van der Waals surface area (Å²) in [6.07, 6.45) is -4.79. The van der Waals surface area contributed by atoms with Crippen molar-refractivity contribution in [1.29, 1.82) is 5.26 Å². The van der Waals surface area contributed by atoms with Crippen LogP contribution in [0.4, 0.5) is 18.9 Å². The number of fused-ring (bicyclic) bond motifs is 1. The minimum Gasteiger partial charge on any atom is -0.325 e. The maximum absolute atomic E-state index is 13.3. The Hall–Kier alpha value is -3.44. The van der Waals surface area contributed by atoms with Crippen LogP contribution in [0.1, 0.15) is 12.1 Å². The highest BCUT2D eigenvalue weighted by atomic mass is 19.4. The Morgan fingerprint density at radius 2 is 1.89 bits per heavy atom. The number of amides is 1. The molecule has 0 radical (unpaired) electrons. The number of alkyl halides is 3. The minimum atomic E-state index is -4.62. The highest BCUT2D eigenvalue weighted by Gasteiger charge is 2.33. The fourth-order valence-electron chi connectivity index (χ4n) is 2.73. The van der Waals surface area contributed by atoms with Crippen molar-refractivity contribution in [2.45, 2.75) is 18.6 Å². The van der Waals surface area contributed by atoms with Crippen molar-refractivity contribution < 1.29 is 18.0 Å². The van der Waals surface area contributed by atoms with E-state index in [2.05, 4.69) is 10.3 Å². The van der Waals surface area contributed by atoms with E-state index in [4.69, 9.17) is 11.0 Å². The zero-order valence-electron chi connectivity index (χ0n) is 14.5. The summed E-state index contributed by atoms with van der Waals surface area (Å²) in [5.41, 5.74) is 5.88. The SMILES string of the molecule is N#CCC(N)C(=O)Nc1ccc2c(-c3ccccc3)cc(C(F)(F)F)nc2c1. The third kappa shape index (κ3) is 4.10. The number of benzene rings is 2. The van der Waals surface area contributed by atoms with E-state index in [1.54, 1.807) is 48.5 Å². The first-order valence-corrected chi connectivity index (χ1v) is 8.30. The van der Waals surface area contributed by atoms with Crippen molar-refractivity contribution in [1.82, 2.24) is 4.98 Å². The monoisotopic (exact) mass is 384 g/mol. The highest BCUT2D eigenvalue weighted by Crippen LogP contribution is 2.35. The molecule has 5 nitrogen and oxygen atoms in total. The Bertz CT molecular complexity index is 1060. The van der Waals surface area contributed by atoms with Gasteiger partial charge in [-0.2, -0.15) is 18.4 Å². The van der Waals surface area contributed by atoms with Gasteiger partial charge < -0.3 is 11.1 Å². The normalized spacial score (nSPS) is 12.4. The van der Waals surface area contributed by atoms with Crippen LogP contribution in [0.15, 0.2) is 54.6 Å². The number of pyridine rings is 1. The predicted molar refractivity (Wildman–Crippen MR) is 99.0 cm³/mol. The van der Waals surface area contributed by atoms with Crippen LogP contribution in [-0.2, 0) is 11.0 Å². The molecule has 1 unspecified atom stereocenters. The van der Waals surface area contributed by atoms with E-state index in [0.717, 1.165) is 6.07 Å². The van der Waals surface area contributed by atoms with Gasteiger partial charge in [0.2, 0.25) is 5.91 Å². The number of halogens is 3. The number of nitrogens with two attached hydrogens (primary N) is 1. The van der Waals surface area contributed by atoms with Crippen molar-refractivity contribution in [3.05, 3.63) is 60.3 Å². The average Bonchev–Trinajstić information content (AvgIpc) is 2.67. The van der Waals surface area contributed by atoms with Gasteiger partial charge in [0.1, 0.15) is 5.69 Å². The Balaban J connectivity index is 2.10. The maximum Gasteiger partial charge on any atom is 0.433 e. The molecule has 0 aliphatic heterocycles. The summed E-state index contributed by atoms with van der Waals surface area (Å²) in [6.45, 7) is 0. The van der Waals surface area contributed by atoms with Crippen molar-refractivity contribution in [2.75, 3.05) is 5.32 Å². The molecule has 1 atom stereocenters. The number of nitrogens with one attached hydrogen (secondary N) is 1. The van der Waals surface area contributed by atoms with Gasteiger partial charge in [-0.15, -0.1) is 0 Å². The lowest BCUT2D eigenvalue weighted by Crippen LogP contribution is -2.35. The smallest absolute Gasteiger partial charge is 0.325 e. The molecular weight excluding hydrogens is 369 g/mol. The first-order valence-electron chi connectivity index (χ1n) is 8.30. The second-order valence-corrected chi connectivity index (χ2v) is 6.11. The molecule has 28 heavy (non-hydrogen) atoms. The van der Waals surface area contributed by atoms with E-state index in [1.165, 1.54) is 6.07 Å². The molecule has 0 bridgehead atoms. The second kappa shape index (κ2) is 7.66. The first-order chi connectivity index (χ1) is 13.3. The van der Waals surface area contributed by atoms with E-state index in [9.17, 15) is 18.0 Å². The van der Waals surface area contributed by atoms with Gasteiger partial charge in [0.15, 0.2) is 0 Å². The number of nitrogens with zero attached hydrogens (tertiary/aromatic N) is 2. The molecule has 0 spiro atoms. The quantitative estimate of drug-likeness (QED) is 0.708. The highest BCUT2D eigenvalue weighted by molar-refractivity contribution is 6.00. The molecule has 1 aromatic heterocycles. The predicted octanol–water partition coefficient (Wildman–Crippen LogP) is 4.10. The Morgan fingerprint density at radius 1 is 1.18 bits per heavy atom. The number of hydrogen-bond donors (Lipinski definition) is 2. The summed E-state index contributed by atoms with van der Waals surface area (Å²) < 4.78 is 40.0. The fraction of sp³-hybridized carbons (Fsp3) is 0.150. The number of anilines is 1. The van der Waals surface area contributed by atoms with Crippen molar-refractivity contribution in [3.8, 4) is 17.2 Å². The fourth-order valence-corrected chi connectivity index (χ4v) is 2.73. The van der Waals surface area contributed by atoms with Gasteiger partial charge in [-0.3, -0.25) is 4.79 Å². The number of aromatic nitrogens is 1. The van der Waals surface area contributed by atoms with Crippen LogP contribution in [0.3, 0.4) is 0 Å². The lowest BCUT2D eigenvalue weighted by molar-refractivity contribution is -0.140. The molecule has 142 valence electrons. The summed E-state index contributed by atoms with van der Waals surface area (Å²) in [5, 5.41) is 11.6. The second-order valence-electron chi connectivity index (χ2n) is 6.11. The van der Waals surface area contributed by atoms with Gasteiger partial charge in [0.25, 0.3) is 0 Å². The summed E-state index contributed by atoms with van der Waals surface area (Å²) >= 11 is 0. The topological polar surface area (TPSA) is 91.8 Å². The third-order valence-corrected chi connectivity index (χ3v) is 4.10. The van der Waals surface area contributed by atoms with Crippen LogP contribution in [-0.4, -0.2) is 16.9 Å². The molecule has 1 heterocycles. The molecular formula is C20H15F3N4O. The van der Waals surface area contributed by atoms with Gasteiger partial charge in [-0.25, -0.2) is 4.98 Å². The molecule has 0 saturated heterocycles. The number of hydrogen-bond acceptors (Lipinski definition) is 4. The molecule has 0 aliphatic rings. The standard InChI is InChI=1S/C20H15F3N4O/c21-20(22,23)18-11-15(12-4-2-1-3-5-12)14-7-6-13(10-17(14)27-18)26-19(28)16(25)8-9-24/h1-7,10-11,16H,8,25H2,(H,26,28). The molecule has 3 aromatic rings. The molecule has 3 rings (SSSR count).